The first-order chi connectivity index (χ1) is 12.7. The Morgan fingerprint density at radius 3 is 2.41 bits per heavy atom. The van der Waals surface area contributed by atoms with Crippen LogP contribution in [-0.4, -0.2) is 71.6 Å². The van der Waals surface area contributed by atoms with E-state index in [-0.39, 0.29) is 43.3 Å². The van der Waals surface area contributed by atoms with E-state index in [9.17, 15) is 4.79 Å². The Balaban J connectivity index is 0.00000140. The van der Waals surface area contributed by atoms with Crippen LogP contribution in [0.25, 0.3) is 0 Å². The summed E-state index contributed by atoms with van der Waals surface area (Å²) in [5.41, 5.74) is 1.14. The lowest BCUT2D eigenvalue weighted by atomic mass is 10.0. The number of hydrogen-bond acceptors (Lipinski definition) is 5. The molecule has 3 aliphatic rings. The second-order valence-electron chi connectivity index (χ2n) is 7.45. The molecule has 0 aliphatic carbocycles. The van der Waals surface area contributed by atoms with Gasteiger partial charge in [-0.05, 0) is 43.5 Å². The lowest BCUT2D eigenvalue weighted by molar-refractivity contribution is -0.131. The quantitative estimate of drug-likeness (QED) is 0.655. The SMILES string of the molecule is Cl.Cl.Cl.O=C([C@@H]1C[C@H](N2CCC(Nc3ccc(Cl)cc3)CC2)CN1)N1CCSC1. The molecular weight excluding hydrogens is 474 g/mol. The molecule has 1 amide bonds. The van der Waals surface area contributed by atoms with Gasteiger partial charge in [0.15, 0.2) is 0 Å². The maximum atomic E-state index is 12.6. The fourth-order valence-corrected chi connectivity index (χ4v) is 5.26. The second-order valence-corrected chi connectivity index (χ2v) is 8.96. The number of carbonyl (C=O) groups excluding carboxylic acids is 1. The number of benzene rings is 1. The number of thioether (sulfide) groups is 1. The number of hydrogen-bond donors (Lipinski definition) is 2. The zero-order valence-corrected chi connectivity index (χ0v) is 20.2. The summed E-state index contributed by atoms with van der Waals surface area (Å²) in [6, 6.07) is 8.98. The molecule has 1 aromatic carbocycles. The molecule has 29 heavy (non-hydrogen) atoms. The van der Waals surface area contributed by atoms with E-state index in [1.807, 2.05) is 40.9 Å². The summed E-state index contributed by atoms with van der Waals surface area (Å²) >= 11 is 7.81. The normalized spacial score (nSPS) is 24.9. The molecule has 0 radical (unpaired) electrons. The second kappa shape index (κ2) is 12.7. The van der Waals surface area contributed by atoms with Crippen LogP contribution >= 0.6 is 60.6 Å². The van der Waals surface area contributed by atoms with Crippen LogP contribution in [0.15, 0.2) is 24.3 Å². The molecule has 10 heteroatoms. The van der Waals surface area contributed by atoms with Crippen LogP contribution in [0.1, 0.15) is 19.3 Å². The van der Waals surface area contributed by atoms with Gasteiger partial charge in [-0.1, -0.05) is 11.6 Å². The Hall–Kier alpha value is -0.0800. The van der Waals surface area contributed by atoms with E-state index < -0.39 is 0 Å². The molecule has 2 atom stereocenters. The number of halogens is 4. The zero-order valence-electron chi connectivity index (χ0n) is 16.2. The molecule has 0 bridgehead atoms. The average Bonchev–Trinajstić information content (AvgIpc) is 3.36. The summed E-state index contributed by atoms with van der Waals surface area (Å²) in [4.78, 5) is 17.1. The van der Waals surface area contributed by atoms with Crippen molar-refractivity contribution < 1.29 is 4.79 Å². The molecule has 0 aromatic heterocycles. The molecule has 3 saturated heterocycles. The third kappa shape index (κ3) is 6.96. The number of rotatable bonds is 4. The van der Waals surface area contributed by atoms with Crippen LogP contribution in [0.3, 0.4) is 0 Å². The van der Waals surface area contributed by atoms with Crippen molar-refractivity contribution in [3.63, 3.8) is 0 Å². The fraction of sp³-hybridized carbons (Fsp3) is 0.632. The molecule has 5 nitrogen and oxygen atoms in total. The molecule has 0 spiro atoms. The molecular formula is C19H30Cl4N4OS. The van der Waals surface area contributed by atoms with Gasteiger partial charge in [0, 0.05) is 54.7 Å². The van der Waals surface area contributed by atoms with Gasteiger partial charge >= 0.3 is 0 Å². The molecule has 0 unspecified atom stereocenters. The van der Waals surface area contributed by atoms with Crippen molar-refractivity contribution in [1.82, 2.24) is 15.1 Å². The van der Waals surface area contributed by atoms with E-state index in [1.165, 1.54) is 0 Å². The van der Waals surface area contributed by atoms with E-state index in [0.29, 0.717) is 18.0 Å². The molecule has 3 fully saturated rings. The zero-order chi connectivity index (χ0) is 17.9. The molecule has 3 aliphatic heterocycles. The first kappa shape index (κ1) is 27.0. The molecule has 2 N–H and O–H groups in total. The summed E-state index contributed by atoms with van der Waals surface area (Å²) in [6.45, 7) is 4.04. The highest BCUT2D eigenvalue weighted by Gasteiger charge is 2.36. The first-order valence-corrected chi connectivity index (χ1v) is 11.1. The van der Waals surface area contributed by atoms with E-state index in [0.717, 1.165) is 67.8 Å². The van der Waals surface area contributed by atoms with Gasteiger partial charge in [-0.25, -0.2) is 0 Å². The van der Waals surface area contributed by atoms with Crippen LogP contribution in [0.5, 0.6) is 0 Å². The van der Waals surface area contributed by atoms with Gasteiger partial charge in [0.05, 0.1) is 11.9 Å². The number of likely N-dealkylation sites (tertiary alicyclic amines) is 1. The average molecular weight is 504 g/mol. The predicted molar refractivity (Wildman–Crippen MR) is 131 cm³/mol. The topological polar surface area (TPSA) is 47.6 Å². The number of anilines is 1. The van der Waals surface area contributed by atoms with Crippen LogP contribution in [0, 0.1) is 0 Å². The maximum Gasteiger partial charge on any atom is 0.240 e. The highest BCUT2D eigenvalue weighted by Crippen LogP contribution is 2.24. The number of amides is 1. The van der Waals surface area contributed by atoms with Crippen molar-refractivity contribution in [1.29, 1.82) is 0 Å². The van der Waals surface area contributed by atoms with Gasteiger partial charge in [0.2, 0.25) is 5.91 Å². The summed E-state index contributed by atoms with van der Waals surface area (Å²) in [5, 5.41) is 7.86. The predicted octanol–water partition coefficient (Wildman–Crippen LogP) is 3.75. The Morgan fingerprint density at radius 2 is 1.79 bits per heavy atom. The monoisotopic (exact) mass is 502 g/mol. The molecule has 1 aromatic rings. The van der Waals surface area contributed by atoms with Crippen molar-refractivity contribution in [3.05, 3.63) is 29.3 Å². The highest BCUT2D eigenvalue weighted by molar-refractivity contribution is 7.99. The summed E-state index contributed by atoms with van der Waals surface area (Å²) in [7, 11) is 0. The highest BCUT2D eigenvalue weighted by atomic mass is 35.5. The van der Waals surface area contributed by atoms with Gasteiger partial charge in [-0.2, -0.15) is 0 Å². The van der Waals surface area contributed by atoms with Gasteiger partial charge in [-0.15, -0.1) is 49.0 Å². The maximum absolute atomic E-state index is 12.6. The molecule has 0 saturated carbocycles. The molecule has 166 valence electrons. The van der Waals surface area contributed by atoms with E-state index in [2.05, 4.69) is 15.5 Å². The third-order valence-electron chi connectivity index (χ3n) is 5.73. The van der Waals surface area contributed by atoms with E-state index in [4.69, 9.17) is 11.6 Å². The third-order valence-corrected chi connectivity index (χ3v) is 6.95. The van der Waals surface area contributed by atoms with Crippen LogP contribution in [-0.2, 0) is 4.79 Å². The minimum absolute atomic E-state index is 0. The van der Waals surface area contributed by atoms with Crippen molar-refractivity contribution >= 4 is 72.2 Å². The largest absolute Gasteiger partial charge is 0.382 e. The van der Waals surface area contributed by atoms with E-state index in [1.54, 1.807) is 0 Å². The van der Waals surface area contributed by atoms with Crippen molar-refractivity contribution in [3.8, 4) is 0 Å². The summed E-state index contributed by atoms with van der Waals surface area (Å²) < 4.78 is 0. The standard InChI is InChI=1S/C19H27ClN4OS.3ClH/c20-14-1-3-15(4-2-14)22-16-5-7-23(8-6-16)17-11-18(21-12-17)19(25)24-9-10-26-13-24;;;/h1-4,16-18,21-22H,5-13H2;3*1H/t17-,18-;;;/m0.../s1. The minimum atomic E-state index is 0. The number of nitrogens with zero attached hydrogens (tertiary/aromatic N) is 2. The van der Waals surface area contributed by atoms with E-state index >= 15 is 0 Å². The Bertz CT molecular complexity index is 625. The van der Waals surface area contributed by atoms with Crippen molar-refractivity contribution in [2.24, 2.45) is 0 Å². The fourth-order valence-electron chi connectivity index (χ4n) is 4.18. The van der Waals surface area contributed by atoms with Gasteiger partial charge < -0.3 is 15.5 Å². The lowest BCUT2D eigenvalue weighted by Crippen LogP contribution is -2.45. The molecule has 3 heterocycles. The first-order valence-electron chi connectivity index (χ1n) is 9.55. The van der Waals surface area contributed by atoms with Crippen molar-refractivity contribution in [2.45, 2.75) is 37.4 Å². The van der Waals surface area contributed by atoms with Crippen LogP contribution < -0.4 is 10.6 Å². The van der Waals surface area contributed by atoms with Crippen LogP contribution in [0.2, 0.25) is 5.02 Å². The van der Waals surface area contributed by atoms with Crippen molar-refractivity contribution in [2.75, 3.05) is 43.1 Å². The Morgan fingerprint density at radius 1 is 1.10 bits per heavy atom. The summed E-state index contributed by atoms with van der Waals surface area (Å²) in [5.74, 6) is 2.25. The van der Waals surface area contributed by atoms with Crippen LogP contribution in [0.4, 0.5) is 5.69 Å². The lowest BCUT2D eigenvalue weighted by Gasteiger charge is -2.36. The van der Waals surface area contributed by atoms with Gasteiger partial charge in [0.1, 0.15) is 0 Å². The smallest absolute Gasteiger partial charge is 0.240 e. The number of piperidine rings is 1. The summed E-state index contributed by atoms with van der Waals surface area (Å²) in [6.07, 6.45) is 3.23. The van der Waals surface area contributed by atoms with Gasteiger partial charge in [-0.3, -0.25) is 9.69 Å². The number of carbonyl (C=O) groups is 1. The van der Waals surface area contributed by atoms with Gasteiger partial charge in [0.25, 0.3) is 0 Å². The Labute approximate surface area is 201 Å². The molecule has 4 rings (SSSR count). The minimum Gasteiger partial charge on any atom is -0.382 e. The Kier molecular flexibility index (Phi) is 11.8. The number of nitrogens with one attached hydrogen (secondary N) is 2.